The van der Waals surface area contributed by atoms with Gasteiger partial charge in [-0.25, -0.2) is 4.98 Å². The SMILES string of the molecule is Cc1ccc(-n2c(=O)c(CCCCO)c(O)c3cccnc32)cc1. The number of pyridine rings is 2. The summed E-state index contributed by atoms with van der Waals surface area (Å²) in [5, 5.41) is 20.0. The maximum Gasteiger partial charge on any atom is 0.263 e. The fourth-order valence-corrected chi connectivity index (χ4v) is 2.83. The second-order valence-corrected chi connectivity index (χ2v) is 5.86. The molecule has 0 aliphatic heterocycles. The number of unbranched alkanes of at least 4 members (excludes halogenated alkanes) is 1. The molecular formula is C19H20N2O3. The van der Waals surface area contributed by atoms with Crippen LogP contribution in [0.4, 0.5) is 0 Å². The third-order valence-electron chi connectivity index (χ3n) is 4.13. The van der Waals surface area contributed by atoms with E-state index in [9.17, 15) is 9.90 Å². The van der Waals surface area contributed by atoms with Gasteiger partial charge in [-0.3, -0.25) is 9.36 Å². The zero-order valence-corrected chi connectivity index (χ0v) is 13.6. The molecule has 0 unspecified atom stereocenters. The van der Waals surface area contributed by atoms with Gasteiger partial charge in [-0.05, 0) is 50.5 Å². The Morgan fingerprint density at radius 3 is 2.58 bits per heavy atom. The summed E-state index contributed by atoms with van der Waals surface area (Å²) in [7, 11) is 0. The molecule has 2 aromatic heterocycles. The van der Waals surface area contributed by atoms with Crippen molar-refractivity contribution < 1.29 is 10.2 Å². The lowest BCUT2D eigenvalue weighted by Gasteiger charge is -2.14. The van der Waals surface area contributed by atoms with Crippen LogP contribution in [0.5, 0.6) is 5.75 Å². The van der Waals surface area contributed by atoms with E-state index in [2.05, 4.69) is 4.98 Å². The van der Waals surface area contributed by atoms with E-state index in [0.29, 0.717) is 35.9 Å². The molecule has 5 heteroatoms. The number of fused-ring (bicyclic) bond motifs is 1. The number of aliphatic hydroxyl groups is 1. The smallest absolute Gasteiger partial charge is 0.263 e. The first-order chi connectivity index (χ1) is 11.6. The third kappa shape index (κ3) is 2.90. The molecule has 0 amide bonds. The normalized spacial score (nSPS) is 11.1. The Bertz CT molecular complexity index is 914. The number of aromatic nitrogens is 2. The summed E-state index contributed by atoms with van der Waals surface area (Å²) >= 11 is 0. The maximum absolute atomic E-state index is 13.0. The van der Waals surface area contributed by atoms with Gasteiger partial charge < -0.3 is 10.2 Å². The number of aryl methyl sites for hydroxylation is 1. The largest absolute Gasteiger partial charge is 0.507 e. The minimum atomic E-state index is -0.263. The molecule has 24 heavy (non-hydrogen) atoms. The summed E-state index contributed by atoms with van der Waals surface area (Å²) < 4.78 is 1.54. The highest BCUT2D eigenvalue weighted by molar-refractivity contribution is 5.84. The summed E-state index contributed by atoms with van der Waals surface area (Å²) in [5.41, 5.74) is 2.36. The van der Waals surface area contributed by atoms with Crippen LogP contribution in [0.25, 0.3) is 16.7 Å². The highest BCUT2D eigenvalue weighted by atomic mass is 16.3. The van der Waals surface area contributed by atoms with Crippen molar-refractivity contribution in [2.45, 2.75) is 26.2 Å². The van der Waals surface area contributed by atoms with Crippen LogP contribution in [0.2, 0.25) is 0 Å². The monoisotopic (exact) mass is 324 g/mol. The molecule has 0 aliphatic rings. The van der Waals surface area contributed by atoms with Crippen molar-refractivity contribution >= 4 is 11.0 Å². The minimum absolute atomic E-state index is 0.00981. The molecule has 0 spiro atoms. The number of aromatic hydroxyl groups is 1. The van der Waals surface area contributed by atoms with Gasteiger partial charge in [0.2, 0.25) is 0 Å². The Morgan fingerprint density at radius 2 is 1.88 bits per heavy atom. The first kappa shape index (κ1) is 16.2. The third-order valence-corrected chi connectivity index (χ3v) is 4.13. The average molecular weight is 324 g/mol. The van der Waals surface area contributed by atoms with Crippen molar-refractivity contribution in [1.29, 1.82) is 0 Å². The average Bonchev–Trinajstić information content (AvgIpc) is 2.60. The molecule has 5 nitrogen and oxygen atoms in total. The highest BCUT2D eigenvalue weighted by Gasteiger charge is 2.17. The first-order valence-electron chi connectivity index (χ1n) is 8.03. The van der Waals surface area contributed by atoms with E-state index in [4.69, 9.17) is 5.11 Å². The highest BCUT2D eigenvalue weighted by Crippen LogP contribution is 2.27. The molecule has 0 aliphatic carbocycles. The van der Waals surface area contributed by atoms with Gasteiger partial charge in [0.1, 0.15) is 5.75 Å². The molecule has 0 saturated carbocycles. The summed E-state index contributed by atoms with van der Waals surface area (Å²) in [6.45, 7) is 2.06. The number of rotatable bonds is 5. The van der Waals surface area contributed by atoms with Gasteiger partial charge in [0, 0.05) is 12.8 Å². The van der Waals surface area contributed by atoms with E-state index >= 15 is 0 Å². The summed E-state index contributed by atoms with van der Waals surface area (Å²) in [6.07, 6.45) is 3.26. The molecule has 0 fully saturated rings. The van der Waals surface area contributed by atoms with Crippen molar-refractivity contribution in [3.8, 4) is 11.4 Å². The fraction of sp³-hybridized carbons (Fsp3) is 0.263. The van der Waals surface area contributed by atoms with Crippen LogP contribution in [0.3, 0.4) is 0 Å². The summed E-state index contributed by atoms with van der Waals surface area (Å²) in [5.74, 6) is -0.00981. The number of benzene rings is 1. The zero-order chi connectivity index (χ0) is 17.1. The topological polar surface area (TPSA) is 75.4 Å². The van der Waals surface area contributed by atoms with Crippen LogP contribution < -0.4 is 5.56 Å². The minimum Gasteiger partial charge on any atom is -0.507 e. The molecule has 2 heterocycles. The molecule has 0 saturated heterocycles. The van der Waals surface area contributed by atoms with Gasteiger partial charge in [-0.1, -0.05) is 17.7 Å². The van der Waals surface area contributed by atoms with Crippen molar-refractivity contribution in [2.24, 2.45) is 0 Å². The predicted molar refractivity (Wildman–Crippen MR) is 93.8 cm³/mol. The molecule has 0 bridgehead atoms. The number of hydrogen-bond acceptors (Lipinski definition) is 4. The molecule has 0 radical (unpaired) electrons. The molecule has 0 atom stereocenters. The standard InChI is InChI=1S/C19H20N2O3/c1-13-7-9-14(10-8-13)21-18-15(6-4-11-20-18)17(23)16(19(21)24)5-2-3-12-22/h4,6-11,22-23H,2-3,5,12H2,1H3. The van der Waals surface area contributed by atoms with Crippen molar-refractivity contribution in [3.63, 3.8) is 0 Å². The zero-order valence-electron chi connectivity index (χ0n) is 13.6. The number of nitrogens with zero attached hydrogens (tertiary/aromatic N) is 2. The van der Waals surface area contributed by atoms with Gasteiger partial charge in [0.05, 0.1) is 16.6 Å². The Balaban J connectivity index is 2.26. The lowest BCUT2D eigenvalue weighted by molar-refractivity contribution is 0.284. The summed E-state index contributed by atoms with van der Waals surface area (Å²) in [6, 6.07) is 11.1. The van der Waals surface area contributed by atoms with E-state index in [1.165, 1.54) is 0 Å². The quantitative estimate of drug-likeness (QED) is 0.708. The van der Waals surface area contributed by atoms with Crippen molar-refractivity contribution in [3.05, 3.63) is 64.1 Å². The van der Waals surface area contributed by atoms with Crippen LogP contribution in [0, 0.1) is 6.92 Å². The number of hydrogen-bond donors (Lipinski definition) is 2. The first-order valence-corrected chi connectivity index (χ1v) is 8.03. The molecule has 3 rings (SSSR count). The molecule has 1 aromatic carbocycles. The van der Waals surface area contributed by atoms with Crippen LogP contribution in [0.1, 0.15) is 24.0 Å². The van der Waals surface area contributed by atoms with Crippen molar-refractivity contribution in [1.82, 2.24) is 9.55 Å². The van der Waals surface area contributed by atoms with E-state index in [0.717, 1.165) is 11.3 Å². The van der Waals surface area contributed by atoms with Crippen LogP contribution >= 0.6 is 0 Å². The van der Waals surface area contributed by atoms with Crippen LogP contribution in [-0.2, 0) is 6.42 Å². The Labute approximate surface area is 139 Å². The predicted octanol–water partition coefficient (Wildman–Crippen LogP) is 2.71. The van der Waals surface area contributed by atoms with Crippen LogP contribution in [0.15, 0.2) is 47.4 Å². The second kappa shape index (κ2) is 6.84. The van der Waals surface area contributed by atoms with E-state index in [-0.39, 0.29) is 17.9 Å². The summed E-state index contributed by atoms with van der Waals surface area (Å²) in [4.78, 5) is 17.3. The van der Waals surface area contributed by atoms with Crippen molar-refractivity contribution in [2.75, 3.05) is 6.61 Å². The fourth-order valence-electron chi connectivity index (χ4n) is 2.83. The molecule has 2 N–H and O–H groups in total. The Hall–Kier alpha value is -2.66. The van der Waals surface area contributed by atoms with Crippen LogP contribution in [-0.4, -0.2) is 26.4 Å². The van der Waals surface area contributed by atoms with Gasteiger partial charge in [-0.2, -0.15) is 0 Å². The van der Waals surface area contributed by atoms with E-state index in [1.54, 1.807) is 22.9 Å². The second-order valence-electron chi connectivity index (χ2n) is 5.86. The van der Waals surface area contributed by atoms with Gasteiger partial charge in [0.15, 0.2) is 5.65 Å². The maximum atomic E-state index is 13.0. The molecule has 3 aromatic rings. The van der Waals surface area contributed by atoms with Gasteiger partial charge in [-0.15, -0.1) is 0 Å². The Kier molecular flexibility index (Phi) is 4.62. The molecule has 124 valence electrons. The lowest BCUT2D eigenvalue weighted by Crippen LogP contribution is -2.23. The van der Waals surface area contributed by atoms with E-state index < -0.39 is 0 Å². The van der Waals surface area contributed by atoms with E-state index in [1.807, 2.05) is 31.2 Å². The van der Waals surface area contributed by atoms with Gasteiger partial charge in [0.25, 0.3) is 5.56 Å². The number of aliphatic hydroxyl groups excluding tert-OH is 1. The Morgan fingerprint density at radius 1 is 1.12 bits per heavy atom. The lowest BCUT2D eigenvalue weighted by atomic mass is 10.1. The molecular weight excluding hydrogens is 304 g/mol. The van der Waals surface area contributed by atoms with Gasteiger partial charge >= 0.3 is 0 Å².